The minimum absolute atomic E-state index is 0.0295. The van der Waals surface area contributed by atoms with Gasteiger partial charge in [-0.05, 0) is 273 Å². The molecule has 4 aromatic carbocycles. The van der Waals surface area contributed by atoms with E-state index in [0.717, 1.165) is 183 Å². The fraction of sp³-hybridized carbons (Fsp3) is 0.517. The summed E-state index contributed by atoms with van der Waals surface area (Å²) < 4.78 is 5.99. The molecule has 0 aromatic heterocycles. The van der Waals surface area contributed by atoms with Crippen LogP contribution in [0.25, 0.3) is 17.1 Å². The Hall–Kier alpha value is -12.3. The minimum Gasteiger partial charge on any atom is -0.491 e. The van der Waals surface area contributed by atoms with E-state index in [1.54, 1.807) is 77.2 Å². The maximum Gasteiger partial charge on any atom is 0.291 e. The number of unbranched alkanes of at least 4 members (excludes halogenated alkanes) is 3. The molecule has 6 heterocycles. The molecule has 4 unspecified atom stereocenters. The lowest BCUT2D eigenvalue weighted by Gasteiger charge is -2.37. The van der Waals surface area contributed by atoms with Crippen molar-refractivity contribution in [3.63, 3.8) is 0 Å². The van der Waals surface area contributed by atoms with Gasteiger partial charge in [0.1, 0.15) is 46.5 Å². The van der Waals surface area contributed by atoms with Crippen LogP contribution in [0.1, 0.15) is 308 Å². The topological polar surface area (TPSA) is 277 Å². The molecule has 752 valence electrons. The van der Waals surface area contributed by atoms with Gasteiger partial charge in [-0.2, -0.15) is 25.6 Å². The fourth-order valence-corrected chi connectivity index (χ4v) is 18.6. The quantitative estimate of drug-likeness (QED) is 0.0306. The smallest absolute Gasteiger partial charge is 0.291 e. The van der Waals surface area contributed by atoms with Crippen molar-refractivity contribution >= 4 is 87.8 Å². The number of carbonyl (C=O) groups excluding carboxylic acids is 9. The molecule has 9 amide bonds. The Morgan fingerprint density at radius 1 is 0.471 bits per heavy atom. The number of rotatable bonds is 35. The van der Waals surface area contributed by atoms with Crippen molar-refractivity contribution < 1.29 is 47.9 Å². The van der Waals surface area contributed by atoms with E-state index < -0.39 is 46.8 Å². The molecule has 0 radical (unpaired) electrons. The van der Waals surface area contributed by atoms with Crippen LogP contribution in [0.3, 0.4) is 0 Å². The Morgan fingerprint density at radius 2 is 0.893 bits per heavy atom. The van der Waals surface area contributed by atoms with Crippen LogP contribution in [-0.2, 0) is 38.4 Å². The molecule has 6 aliphatic rings. The Balaban J connectivity index is 0.000000258. The second-order valence-corrected chi connectivity index (χ2v) is 40.9. The summed E-state index contributed by atoms with van der Waals surface area (Å²) in [6.07, 6.45) is 18.8. The van der Waals surface area contributed by atoms with Gasteiger partial charge in [-0.1, -0.05) is 190 Å². The van der Waals surface area contributed by atoms with Gasteiger partial charge >= 0.3 is 0 Å². The number of aliphatic imine (C=N–C) groups is 3. The number of hydrogen-bond acceptors (Lipinski definition) is 19. The number of amidine groups is 3. The molecule has 0 bridgehead atoms. The third kappa shape index (κ3) is 26.3. The zero-order valence-corrected chi connectivity index (χ0v) is 90.2. The average molecular weight is 1910 g/mol. The second-order valence-electron chi connectivity index (χ2n) is 40.9. The Bertz CT molecular complexity index is 5790. The summed E-state index contributed by atoms with van der Waals surface area (Å²) in [5, 5.41) is 26.1. The van der Waals surface area contributed by atoms with E-state index in [1.165, 1.54) is 73.8 Å². The van der Waals surface area contributed by atoms with E-state index in [9.17, 15) is 53.7 Å². The van der Waals surface area contributed by atoms with Crippen molar-refractivity contribution in [2.45, 2.75) is 297 Å². The average Bonchev–Trinajstić information content (AvgIpc) is 1.39. The number of nitrogens with zero attached hydrogens (tertiary/aromatic N) is 14. The molecule has 140 heavy (non-hydrogen) atoms. The van der Waals surface area contributed by atoms with E-state index >= 15 is 0 Å². The number of hydrazine groups is 3. The molecule has 0 fully saturated rings. The number of aryl methyl sites for hydroxylation is 6. The molecule has 0 saturated carbocycles. The number of allylic oxidation sites excluding steroid dienone is 3. The second kappa shape index (κ2) is 50.2. The molecule has 6 aliphatic heterocycles. The first-order valence-electron chi connectivity index (χ1n) is 50.8. The number of carbonyl (C=O) groups is 9. The minimum atomic E-state index is -1.03. The summed E-state index contributed by atoms with van der Waals surface area (Å²) in [6.45, 7) is 64.0. The summed E-state index contributed by atoms with van der Waals surface area (Å²) >= 11 is 0. The molecule has 0 N–H and O–H groups in total. The van der Waals surface area contributed by atoms with Crippen molar-refractivity contribution in [1.82, 2.24) is 44.8 Å². The predicted octanol–water partition coefficient (Wildman–Crippen LogP) is 23.1. The molecular weight excluding hydrogens is 1750 g/mol. The lowest BCUT2D eigenvalue weighted by atomic mass is 9.88. The van der Waals surface area contributed by atoms with E-state index in [2.05, 4.69) is 162 Å². The number of imide groups is 4. The van der Waals surface area contributed by atoms with Crippen molar-refractivity contribution in [2.75, 3.05) is 60.4 Å². The highest BCUT2D eigenvalue weighted by atomic mass is 16.5. The lowest BCUT2D eigenvalue weighted by Crippen LogP contribution is -2.57. The molecule has 10 rings (SSSR count). The normalized spacial score (nSPS) is 17.2. The first-order valence-corrected chi connectivity index (χ1v) is 50.8. The number of amides is 9. The van der Waals surface area contributed by atoms with Gasteiger partial charge in [0, 0.05) is 137 Å². The summed E-state index contributed by atoms with van der Waals surface area (Å²) in [7, 11) is 4.88. The Morgan fingerprint density at radius 3 is 1.33 bits per heavy atom. The van der Waals surface area contributed by atoms with Gasteiger partial charge in [0.2, 0.25) is 11.8 Å². The zero-order valence-electron chi connectivity index (χ0n) is 90.2. The Kier molecular flexibility index (Phi) is 40.5. The molecule has 24 nitrogen and oxygen atoms in total. The number of ether oxygens (including phenoxy) is 1. The van der Waals surface area contributed by atoms with Crippen molar-refractivity contribution in [1.29, 1.82) is 10.5 Å². The third-order valence-corrected chi connectivity index (χ3v) is 28.2. The third-order valence-electron chi connectivity index (χ3n) is 28.2. The summed E-state index contributed by atoms with van der Waals surface area (Å²) in [5.74, 6) is 0.673. The van der Waals surface area contributed by atoms with Crippen LogP contribution < -0.4 is 4.74 Å². The highest BCUT2D eigenvalue weighted by Crippen LogP contribution is 2.44. The Labute approximate surface area is 836 Å². The van der Waals surface area contributed by atoms with Gasteiger partial charge in [0.05, 0.1) is 23.2 Å². The van der Waals surface area contributed by atoms with Crippen molar-refractivity contribution in [3.05, 3.63) is 219 Å². The fourth-order valence-electron chi connectivity index (χ4n) is 18.6. The van der Waals surface area contributed by atoms with E-state index in [0.29, 0.717) is 94.3 Å². The van der Waals surface area contributed by atoms with Crippen LogP contribution in [0, 0.1) is 112 Å². The largest absolute Gasteiger partial charge is 0.491 e. The number of nitriles is 2. The monoisotopic (exact) mass is 1910 g/mol. The molecule has 24 heteroatoms. The van der Waals surface area contributed by atoms with E-state index in [1.807, 2.05) is 79.7 Å². The van der Waals surface area contributed by atoms with Crippen LogP contribution in [0.4, 0.5) is 0 Å². The van der Waals surface area contributed by atoms with E-state index in [-0.39, 0.29) is 51.3 Å². The first kappa shape index (κ1) is 113. The first-order chi connectivity index (χ1) is 66.1. The van der Waals surface area contributed by atoms with Gasteiger partial charge < -0.3 is 19.4 Å². The van der Waals surface area contributed by atoms with Crippen LogP contribution in [0.5, 0.6) is 5.75 Å². The summed E-state index contributed by atoms with van der Waals surface area (Å²) in [5.41, 5.74) is 17.3. The molecule has 4 aromatic rings. The highest BCUT2D eigenvalue weighted by molar-refractivity contribution is 6.22. The van der Waals surface area contributed by atoms with Gasteiger partial charge in [0.15, 0.2) is 0 Å². The van der Waals surface area contributed by atoms with Gasteiger partial charge in [-0.25, -0.2) is 30.0 Å². The maximum absolute atomic E-state index is 14.4. The van der Waals surface area contributed by atoms with Crippen LogP contribution in [0.2, 0.25) is 0 Å². The summed E-state index contributed by atoms with van der Waals surface area (Å²) in [4.78, 5) is 146. The highest BCUT2D eigenvalue weighted by Gasteiger charge is 2.47. The molecule has 0 aliphatic carbocycles. The molecule has 0 saturated heterocycles. The van der Waals surface area contributed by atoms with Crippen LogP contribution in [-0.4, -0.2) is 182 Å². The van der Waals surface area contributed by atoms with Crippen molar-refractivity contribution in [3.8, 4) is 17.9 Å². The van der Waals surface area contributed by atoms with E-state index in [4.69, 9.17) is 19.7 Å². The number of benzene rings is 4. The standard InChI is InChI=1S/C42H51N5O4.C38H58N4O2.C36H49N5O4/c1-24(2)28(7)22-45(23-29(8)25(3)4)37-20-34(39(44-37)38-27(6)18-17-26(5)30(38)9)19-35-31(10)36(21-43)42(51)47(41(35)50)46(32(11)48)40(49)33-15-13-12-14-16-33;1-11-15-20-30(13-3)24-41(25-31(14-4)21-16-12-2)34-23-32(36(39-34)35-26(5)18-17-19-27(35)6)22-33-28(7)29(8)37(43)42(38(33)44)40(9)10;1-12-15-16-27-28(33(42)41(34(43)29(27)21-37)39(11)35(44)36(8,9)10)19-25-20-30(40(13-2)14-3)38-32(25)31-23(6)17-26(18-24(31)7)45-22(4)5/h12-19,24-25,28-29H,20,22-23H2,1-11H3;17-19,22,30-31H,11-16,20-21,23-25H2,1-10H3;17-19,22H,12-16,20H2,1-11H3/b35-19-;33-22-;28-19-. The SMILES string of the molecule is CC(=O)N(C(=O)c1ccccc1)N1C(=O)C(C#N)=C(C)/C(=C/C2=C(c3c(C)ccc(C)c3C)N=C(N(CC(C)C(C)C)CC(C)C(C)C)C2)C1=O.CCCCC(CC)CN(CC(CC)CCCC)C1=NC(c2c(C)cccc2C)=C(/C=C2\C(=O)N(N(C)C)C(=O)C(C)=C2C)C1.CCCCC1=C(C#N)C(=O)N(N(C)C(=O)C(C)(C)C)C(=O)/C1=C\C1=C(c2c(C)cc(OC(C)C)cc2C)N=C(N(CC)CC)C1. The molecule has 4 atom stereocenters. The van der Waals surface area contributed by atoms with Crippen LogP contribution in [0.15, 0.2) is 173 Å². The maximum atomic E-state index is 14.4. The van der Waals surface area contributed by atoms with Crippen molar-refractivity contribution in [2.24, 2.45) is 55.9 Å². The molecule has 0 spiro atoms. The lowest BCUT2D eigenvalue weighted by molar-refractivity contribution is -0.171. The van der Waals surface area contributed by atoms with Crippen LogP contribution >= 0.6 is 0 Å². The van der Waals surface area contributed by atoms with Gasteiger partial charge in [0.25, 0.3) is 41.4 Å². The predicted molar refractivity (Wildman–Crippen MR) is 564 cm³/mol. The van der Waals surface area contributed by atoms with Gasteiger partial charge in [-0.3, -0.25) is 43.2 Å². The number of hydrogen-bond donors (Lipinski definition) is 0. The summed E-state index contributed by atoms with van der Waals surface area (Å²) in [6, 6.07) is 26.5. The van der Waals surface area contributed by atoms with Gasteiger partial charge in [-0.15, -0.1) is 0 Å². The molecular formula is C116H158N14O10. The zero-order chi connectivity index (χ0) is 104.